The number of hydrogen-bond donors (Lipinski definition) is 1. The molecule has 0 aliphatic heterocycles. The number of amides is 1. The number of para-hydroxylation sites is 1. The van der Waals surface area contributed by atoms with E-state index in [1.807, 2.05) is 26.0 Å². The summed E-state index contributed by atoms with van der Waals surface area (Å²) in [5.74, 6) is 0.0356. The number of aryl methyl sites for hydroxylation is 3. The molecule has 9 heteroatoms. The predicted octanol–water partition coefficient (Wildman–Crippen LogP) is 4.02. The summed E-state index contributed by atoms with van der Waals surface area (Å²) in [6.07, 6.45) is 2.64. The molecule has 3 aromatic rings. The molecule has 1 aromatic heterocycles. The van der Waals surface area contributed by atoms with Gasteiger partial charge in [-0.05, 0) is 76.1 Å². The normalized spacial score (nSPS) is 12.5. The highest BCUT2D eigenvalue weighted by molar-refractivity contribution is 7.92. The summed E-state index contributed by atoms with van der Waals surface area (Å²) in [6, 6.07) is 13.6. The van der Waals surface area contributed by atoms with E-state index >= 15 is 0 Å². The molecule has 3 rings (SSSR count). The summed E-state index contributed by atoms with van der Waals surface area (Å²) in [7, 11) is -2.21. The maximum absolute atomic E-state index is 12.8. The fourth-order valence-corrected chi connectivity index (χ4v) is 5.39. The van der Waals surface area contributed by atoms with Crippen molar-refractivity contribution >= 4 is 27.8 Å². The van der Waals surface area contributed by atoms with E-state index in [9.17, 15) is 13.2 Å². The largest absolute Gasteiger partial charge is 0.497 e. The number of hydrogen-bond acceptors (Lipinski definition) is 5. The van der Waals surface area contributed by atoms with Gasteiger partial charge in [-0.1, -0.05) is 18.2 Å². The van der Waals surface area contributed by atoms with Crippen molar-refractivity contribution in [1.82, 2.24) is 9.99 Å². The first-order valence-electron chi connectivity index (χ1n) is 11.2. The van der Waals surface area contributed by atoms with Crippen molar-refractivity contribution in [1.29, 1.82) is 0 Å². The van der Waals surface area contributed by atoms with Crippen molar-refractivity contribution < 1.29 is 17.9 Å². The van der Waals surface area contributed by atoms with Gasteiger partial charge in [-0.25, -0.2) is 13.8 Å². The zero-order valence-corrected chi connectivity index (χ0v) is 22.0. The standard InChI is InChI=1S/C26H32N4O4S/c1-17-9-8-10-18(2)25(17)29-19(3)15-22(20(29)4)16-27-28-26(31)21(5)30(35(7,32)33)23-11-13-24(34-6)14-12-23/h8-16,21H,1-7H3,(H,28,31)/b27-16-/t21-/m0/s1. The van der Waals surface area contributed by atoms with E-state index in [1.54, 1.807) is 30.5 Å². The molecule has 0 aliphatic rings. The zero-order valence-electron chi connectivity index (χ0n) is 21.2. The monoisotopic (exact) mass is 496 g/mol. The molecule has 35 heavy (non-hydrogen) atoms. The van der Waals surface area contributed by atoms with Gasteiger partial charge in [-0.3, -0.25) is 9.10 Å². The van der Waals surface area contributed by atoms with Crippen LogP contribution >= 0.6 is 0 Å². The molecule has 0 saturated carbocycles. The van der Waals surface area contributed by atoms with E-state index in [-0.39, 0.29) is 0 Å². The molecule has 0 aliphatic carbocycles. The maximum atomic E-state index is 12.8. The lowest BCUT2D eigenvalue weighted by molar-refractivity contribution is -0.121. The van der Waals surface area contributed by atoms with Crippen LogP contribution in [0.4, 0.5) is 5.69 Å². The van der Waals surface area contributed by atoms with Crippen LogP contribution in [0.3, 0.4) is 0 Å². The summed E-state index contributed by atoms with van der Waals surface area (Å²) >= 11 is 0. The van der Waals surface area contributed by atoms with E-state index in [4.69, 9.17) is 4.74 Å². The minimum absolute atomic E-state index is 0.358. The number of hydrazone groups is 1. The van der Waals surface area contributed by atoms with Gasteiger partial charge < -0.3 is 9.30 Å². The molecule has 0 spiro atoms. The Morgan fingerprint density at radius 2 is 1.69 bits per heavy atom. The summed E-state index contributed by atoms with van der Waals surface area (Å²) in [5.41, 5.74) is 9.19. The lowest BCUT2D eigenvalue weighted by atomic mass is 10.1. The summed E-state index contributed by atoms with van der Waals surface area (Å²) < 4.78 is 33.3. The van der Waals surface area contributed by atoms with E-state index in [0.717, 1.165) is 44.3 Å². The Morgan fingerprint density at radius 1 is 1.09 bits per heavy atom. The Morgan fingerprint density at radius 3 is 2.23 bits per heavy atom. The van der Waals surface area contributed by atoms with E-state index in [0.29, 0.717) is 11.4 Å². The second kappa shape index (κ2) is 10.4. The quantitative estimate of drug-likeness (QED) is 0.377. The Kier molecular flexibility index (Phi) is 7.70. The Balaban J connectivity index is 1.82. The highest BCUT2D eigenvalue weighted by Crippen LogP contribution is 2.26. The molecule has 1 N–H and O–H groups in total. The van der Waals surface area contributed by atoms with Crippen LogP contribution < -0.4 is 14.5 Å². The molecule has 0 radical (unpaired) electrons. The van der Waals surface area contributed by atoms with Gasteiger partial charge in [0.2, 0.25) is 10.0 Å². The molecule has 0 bridgehead atoms. The molecular formula is C26H32N4O4S. The van der Waals surface area contributed by atoms with Crippen LogP contribution in [0.5, 0.6) is 5.75 Å². The molecule has 0 saturated heterocycles. The number of methoxy groups -OCH3 is 1. The third-order valence-electron chi connectivity index (χ3n) is 5.93. The number of rotatable bonds is 8. The Labute approximate surface area is 207 Å². The number of nitrogens with one attached hydrogen (secondary N) is 1. The van der Waals surface area contributed by atoms with Gasteiger partial charge >= 0.3 is 0 Å². The summed E-state index contributed by atoms with van der Waals surface area (Å²) in [4.78, 5) is 12.8. The second-order valence-electron chi connectivity index (χ2n) is 8.57. The third-order valence-corrected chi connectivity index (χ3v) is 7.17. The maximum Gasteiger partial charge on any atom is 0.263 e. The zero-order chi connectivity index (χ0) is 25.9. The van der Waals surface area contributed by atoms with Crippen molar-refractivity contribution in [2.75, 3.05) is 17.7 Å². The minimum Gasteiger partial charge on any atom is -0.497 e. The second-order valence-corrected chi connectivity index (χ2v) is 10.4. The van der Waals surface area contributed by atoms with Crippen LogP contribution in [0.25, 0.3) is 5.69 Å². The van der Waals surface area contributed by atoms with Crippen molar-refractivity contribution in [3.63, 3.8) is 0 Å². The van der Waals surface area contributed by atoms with Gasteiger partial charge in [-0.2, -0.15) is 5.10 Å². The molecule has 1 amide bonds. The van der Waals surface area contributed by atoms with Crippen LogP contribution in [-0.4, -0.2) is 44.5 Å². The van der Waals surface area contributed by atoms with Gasteiger partial charge in [0.25, 0.3) is 5.91 Å². The van der Waals surface area contributed by atoms with E-state index in [1.165, 1.54) is 14.0 Å². The number of carbonyl (C=O) groups excluding carboxylic acids is 1. The van der Waals surface area contributed by atoms with Crippen molar-refractivity contribution in [2.45, 2.75) is 40.7 Å². The van der Waals surface area contributed by atoms with Crippen LogP contribution in [0.1, 0.15) is 35.0 Å². The number of benzene rings is 2. The first kappa shape index (κ1) is 26.0. The number of aromatic nitrogens is 1. The van der Waals surface area contributed by atoms with Crippen molar-refractivity contribution in [3.05, 3.63) is 76.6 Å². The van der Waals surface area contributed by atoms with Gasteiger partial charge in [0.1, 0.15) is 11.8 Å². The van der Waals surface area contributed by atoms with Crippen LogP contribution in [-0.2, 0) is 14.8 Å². The number of ether oxygens (including phenoxy) is 1. The minimum atomic E-state index is -3.73. The lowest BCUT2D eigenvalue weighted by Crippen LogP contribution is -2.46. The van der Waals surface area contributed by atoms with Crippen molar-refractivity contribution in [2.24, 2.45) is 5.10 Å². The van der Waals surface area contributed by atoms with Gasteiger partial charge in [0, 0.05) is 17.0 Å². The fraction of sp³-hybridized carbons (Fsp3) is 0.308. The highest BCUT2D eigenvalue weighted by Gasteiger charge is 2.29. The van der Waals surface area contributed by atoms with Crippen LogP contribution in [0, 0.1) is 27.7 Å². The molecule has 8 nitrogen and oxygen atoms in total. The average molecular weight is 497 g/mol. The number of sulfonamides is 1. The van der Waals surface area contributed by atoms with Crippen LogP contribution in [0.15, 0.2) is 53.6 Å². The molecule has 186 valence electrons. The first-order chi connectivity index (χ1) is 16.5. The topological polar surface area (TPSA) is 93.0 Å². The predicted molar refractivity (Wildman–Crippen MR) is 140 cm³/mol. The summed E-state index contributed by atoms with van der Waals surface area (Å²) in [5, 5.41) is 4.12. The average Bonchev–Trinajstić information content (AvgIpc) is 3.06. The molecule has 2 aromatic carbocycles. The Hall–Kier alpha value is -3.59. The molecule has 1 atom stereocenters. The molecular weight excluding hydrogens is 464 g/mol. The van der Waals surface area contributed by atoms with Gasteiger partial charge in [-0.15, -0.1) is 0 Å². The first-order valence-corrected chi connectivity index (χ1v) is 13.0. The molecule has 0 unspecified atom stereocenters. The summed E-state index contributed by atoms with van der Waals surface area (Å²) in [6.45, 7) is 9.69. The number of anilines is 1. The highest BCUT2D eigenvalue weighted by atomic mass is 32.2. The number of carbonyl (C=O) groups is 1. The number of nitrogens with zero attached hydrogens (tertiary/aromatic N) is 3. The molecule has 1 heterocycles. The van der Waals surface area contributed by atoms with E-state index < -0.39 is 22.0 Å². The van der Waals surface area contributed by atoms with Gasteiger partial charge in [0.15, 0.2) is 0 Å². The fourth-order valence-electron chi connectivity index (χ4n) is 4.22. The van der Waals surface area contributed by atoms with Crippen molar-refractivity contribution in [3.8, 4) is 11.4 Å². The molecule has 0 fully saturated rings. The van der Waals surface area contributed by atoms with Gasteiger partial charge in [0.05, 0.1) is 31.0 Å². The van der Waals surface area contributed by atoms with E-state index in [2.05, 4.69) is 41.1 Å². The smallest absolute Gasteiger partial charge is 0.263 e. The van der Waals surface area contributed by atoms with Crippen LogP contribution in [0.2, 0.25) is 0 Å². The lowest BCUT2D eigenvalue weighted by Gasteiger charge is -2.27. The third kappa shape index (κ3) is 5.57. The SMILES string of the molecule is COc1ccc(N([C@@H](C)C(=O)N/N=C\c2cc(C)n(-c3c(C)cccc3C)c2C)S(C)(=O)=O)cc1. The Bertz CT molecular complexity index is 1340.